The van der Waals surface area contributed by atoms with Gasteiger partial charge < -0.3 is 15.4 Å². The van der Waals surface area contributed by atoms with Crippen LogP contribution in [0.1, 0.15) is 15.9 Å². The number of benzene rings is 2. The number of halogens is 2. The van der Waals surface area contributed by atoms with E-state index in [1.54, 1.807) is 18.2 Å². The van der Waals surface area contributed by atoms with Gasteiger partial charge in [0.15, 0.2) is 6.61 Å². The predicted molar refractivity (Wildman–Crippen MR) is 97.2 cm³/mol. The molecule has 6 nitrogen and oxygen atoms in total. The van der Waals surface area contributed by atoms with Crippen molar-refractivity contribution in [1.82, 2.24) is 5.32 Å². The molecule has 0 heterocycles. The Bertz CT molecular complexity index is 842. The lowest BCUT2D eigenvalue weighted by atomic mass is 10.2. The van der Waals surface area contributed by atoms with Crippen LogP contribution in [-0.4, -0.2) is 30.9 Å². The van der Waals surface area contributed by atoms with Crippen molar-refractivity contribution in [3.63, 3.8) is 0 Å². The summed E-state index contributed by atoms with van der Waals surface area (Å²) in [6.07, 6.45) is 0. The highest BCUT2D eigenvalue weighted by Crippen LogP contribution is 2.19. The summed E-state index contributed by atoms with van der Waals surface area (Å²) in [4.78, 5) is 35.1. The maximum Gasteiger partial charge on any atom is 0.325 e. The van der Waals surface area contributed by atoms with Crippen LogP contribution in [0.15, 0.2) is 46.9 Å². The molecule has 2 aromatic rings. The molecule has 26 heavy (non-hydrogen) atoms. The molecular weight excluding hydrogens is 407 g/mol. The van der Waals surface area contributed by atoms with Gasteiger partial charge in [0.25, 0.3) is 11.8 Å². The van der Waals surface area contributed by atoms with E-state index in [9.17, 15) is 18.8 Å². The molecule has 8 heteroatoms. The largest absolute Gasteiger partial charge is 0.454 e. The average Bonchev–Trinajstić information content (AvgIpc) is 2.61. The number of rotatable bonds is 6. The van der Waals surface area contributed by atoms with Crippen molar-refractivity contribution in [3.8, 4) is 0 Å². The molecule has 0 atom stereocenters. The molecule has 0 saturated heterocycles. The lowest BCUT2D eigenvalue weighted by Gasteiger charge is -2.09. The number of aryl methyl sites for hydroxylation is 1. The Morgan fingerprint density at radius 3 is 2.58 bits per heavy atom. The third-order valence-corrected chi connectivity index (χ3v) is 4.21. The summed E-state index contributed by atoms with van der Waals surface area (Å²) in [5, 5.41) is 4.83. The highest BCUT2D eigenvalue weighted by molar-refractivity contribution is 9.10. The van der Waals surface area contributed by atoms with Crippen molar-refractivity contribution < 1.29 is 23.5 Å². The summed E-state index contributed by atoms with van der Waals surface area (Å²) in [6.45, 7) is 0.902. The smallest absolute Gasteiger partial charge is 0.325 e. The lowest BCUT2D eigenvalue weighted by Crippen LogP contribution is -2.32. The van der Waals surface area contributed by atoms with Crippen LogP contribution in [-0.2, 0) is 14.3 Å². The van der Waals surface area contributed by atoms with Gasteiger partial charge in [0.05, 0.1) is 5.56 Å². The van der Waals surface area contributed by atoms with Crippen LogP contribution in [0.5, 0.6) is 0 Å². The van der Waals surface area contributed by atoms with Crippen LogP contribution in [0.25, 0.3) is 0 Å². The van der Waals surface area contributed by atoms with Crippen molar-refractivity contribution in [1.29, 1.82) is 0 Å². The van der Waals surface area contributed by atoms with E-state index in [1.807, 2.05) is 6.92 Å². The zero-order chi connectivity index (χ0) is 19.1. The first-order valence-corrected chi connectivity index (χ1v) is 8.40. The number of amides is 2. The van der Waals surface area contributed by atoms with Crippen LogP contribution < -0.4 is 10.6 Å². The topological polar surface area (TPSA) is 84.5 Å². The number of esters is 1. The maximum absolute atomic E-state index is 13.4. The quantitative estimate of drug-likeness (QED) is 0.700. The molecule has 0 aromatic heterocycles. The van der Waals surface area contributed by atoms with Gasteiger partial charge in [-0.3, -0.25) is 14.4 Å². The molecule has 2 amide bonds. The fourth-order valence-corrected chi connectivity index (χ4v) is 2.26. The predicted octanol–water partition coefficient (Wildman–Crippen LogP) is 2.81. The molecule has 0 aliphatic carbocycles. The number of hydrogen-bond donors (Lipinski definition) is 2. The number of ether oxygens (including phenoxy) is 1. The first kappa shape index (κ1) is 19.6. The SMILES string of the molecule is Cc1cc(NC(=O)COC(=O)CNC(=O)c2ccccc2F)ccc1Br. The van der Waals surface area contributed by atoms with Gasteiger partial charge in [-0.05, 0) is 42.8 Å². The van der Waals surface area contributed by atoms with Gasteiger partial charge in [-0.1, -0.05) is 28.1 Å². The summed E-state index contributed by atoms with van der Waals surface area (Å²) >= 11 is 3.36. The summed E-state index contributed by atoms with van der Waals surface area (Å²) in [6, 6.07) is 10.6. The molecule has 0 spiro atoms. The molecule has 0 saturated carbocycles. The van der Waals surface area contributed by atoms with E-state index in [0.29, 0.717) is 5.69 Å². The highest BCUT2D eigenvalue weighted by Gasteiger charge is 2.13. The molecule has 2 aromatic carbocycles. The number of hydrogen-bond acceptors (Lipinski definition) is 4. The molecular formula is C18H16BrFN2O4. The third kappa shape index (κ3) is 5.66. The van der Waals surface area contributed by atoms with E-state index < -0.39 is 36.8 Å². The second-order valence-corrected chi connectivity index (χ2v) is 6.19. The van der Waals surface area contributed by atoms with Gasteiger partial charge in [-0.2, -0.15) is 0 Å². The highest BCUT2D eigenvalue weighted by atomic mass is 79.9. The minimum absolute atomic E-state index is 0.177. The zero-order valence-corrected chi connectivity index (χ0v) is 15.4. The molecule has 2 rings (SSSR count). The first-order valence-electron chi connectivity index (χ1n) is 7.61. The fourth-order valence-electron chi connectivity index (χ4n) is 2.01. The van der Waals surface area contributed by atoms with Crippen molar-refractivity contribution in [2.45, 2.75) is 6.92 Å². The van der Waals surface area contributed by atoms with Gasteiger partial charge in [-0.15, -0.1) is 0 Å². The van der Waals surface area contributed by atoms with E-state index in [4.69, 9.17) is 4.74 Å². The Kier molecular flexibility index (Phi) is 6.85. The molecule has 2 N–H and O–H groups in total. The van der Waals surface area contributed by atoms with Gasteiger partial charge in [-0.25, -0.2) is 4.39 Å². The monoisotopic (exact) mass is 422 g/mol. The molecule has 0 aliphatic heterocycles. The lowest BCUT2D eigenvalue weighted by molar-refractivity contribution is -0.146. The van der Waals surface area contributed by atoms with E-state index in [0.717, 1.165) is 16.1 Å². The number of nitrogens with one attached hydrogen (secondary N) is 2. The molecule has 0 unspecified atom stereocenters. The molecule has 0 bridgehead atoms. The number of carbonyl (C=O) groups excluding carboxylic acids is 3. The normalized spacial score (nSPS) is 10.1. The summed E-state index contributed by atoms with van der Waals surface area (Å²) < 4.78 is 19.1. The van der Waals surface area contributed by atoms with E-state index >= 15 is 0 Å². The van der Waals surface area contributed by atoms with Crippen LogP contribution >= 0.6 is 15.9 Å². The zero-order valence-electron chi connectivity index (χ0n) is 13.8. The van der Waals surface area contributed by atoms with Gasteiger partial charge in [0.1, 0.15) is 12.4 Å². The average molecular weight is 423 g/mol. The van der Waals surface area contributed by atoms with Crippen molar-refractivity contribution in [2.75, 3.05) is 18.5 Å². The van der Waals surface area contributed by atoms with Gasteiger partial charge >= 0.3 is 5.97 Å². The Labute approximate surface area is 157 Å². The third-order valence-electron chi connectivity index (χ3n) is 3.32. The Morgan fingerprint density at radius 1 is 1.15 bits per heavy atom. The second kappa shape index (κ2) is 9.10. The molecule has 136 valence electrons. The van der Waals surface area contributed by atoms with E-state index in [1.165, 1.54) is 18.2 Å². The van der Waals surface area contributed by atoms with Crippen LogP contribution in [0, 0.1) is 12.7 Å². The van der Waals surface area contributed by atoms with Gasteiger partial charge in [0, 0.05) is 10.2 Å². The van der Waals surface area contributed by atoms with Crippen molar-refractivity contribution in [3.05, 3.63) is 63.9 Å². The van der Waals surface area contributed by atoms with E-state index in [-0.39, 0.29) is 5.56 Å². The molecule has 0 fully saturated rings. The van der Waals surface area contributed by atoms with Crippen LogP contribution in [0.3, 0.4) is 0 Å². The Balaban J connectivity index is 1.76. The summed E-state index contributed by atoms with van der Waals surface area (Å²) in [5.41, 5.74) is 1.33. The van der Waals surface area contributed by atoms with Crippen LogP contribution in [0.2, 0.25) is 0 Å². The van der Waals surface area contributed by atoms with Gasteiger partial charge in [0.2, 0.25) is 0 Å². The number of anilines is 1. The Morgan fingerprint density at radius 2 is 1.88 bits per heavy atom. The van der Waals surface area contributed by atoms with Crippen molar-refractivity contribution in [2.24, 2.45) is 0 Å². The summed E-state index contributed by atoms with van der Waals surface area (Å²) in [7, 11) is 0. The van der Waals surface area contributed by atoms with E-state index in [2.05, 4.69) is 26.6 Å². The number of carbonyl (C=O) groups is 3. The van der Waals surface area contributed by atoms with Crippen molar-refractivity contribution >= 4 is 39.4 Å². The summed E-state index contributed by atoms with van der Waals surface area (Å²) in [5.74, 6) is -2.75. The molecule has 0 radical (unpaired) electrons. The molecule has 0 aliphatic rings. The minimum Gasteiger partial charge on any atom is -0.454 e. The Hall–Kier alpha value is -2.74. The fraction of sp³-hybridized carbons (Fsp3) is 0.167. The standard InChI is InChI=1S/C18H16BrFN2O4/c1-11-8-12(6-7-14(11)19)22-16(23)10-26-17(24)9-21-18(25)13-4-2-3-5-15(13)20/h2-8H,9-10H2,1H3,(H,21,25)(H,22,23). The second-order valence-electron chi connectivity index (χ2n) is 5.34. The van der Waals surface area contributed by atoms with Crippen LogP contribution in [0.4, 0.5) is 10.1 Å². The maximum atomic E-state index is 13.4. The first-order chi connectivity index (χ1) is 12.4. The minimum atomic E-state index is -0.808.